The van der Waals surface area contributed by atoms with Gasteiger partial charge >= 0.3 is 0 Å². The van der Waals surface area contributed by atoms with Gasteiger partial charge in [-0.25, -0.2) is 0 Å². The minimum Gasteiger partial charge on any atom is -0.356 e. The minimum atomic E-state index is 0. The Morgan fingerprint density at radius 2 is 1.64 bits per heavy atom. The Kier molecular flexibility index (Phi) is 14.9. The average molecular weight is 460 g/mol. The maximum Gasteiger partial charge on any atom is 0.190 e. The first kappa shape index (κ1) is 24.2. The van der Waals surface area contributed by atoms with E-state index in [1.54, 1.807) is 0 Å². The molecule has 4 nitrogen and oxygen atoms in total. The van der Waals surface area contributed by atoms with Gasteiger partial charge in [0.1, 0.15) is 0 Å². The molecule has 2 N–H and O–H groups in total. The fourth-order valence-corrected chi connectivity index (χ4v) is 2.66. The summed E-state index contributed by atoms with van der Waals surface area (Å²) in [5.74, 6) is 1.38. The van der Waals surface area contributed by atoms with Crippen molar-refractivity contribution in [2.24, 2.45) is 4.99 Å². The first-order chi connectivity index (χ1) is 11.6. The number of nitrogens with one attached hydrogen (secondary N) is 2. The molecule has 0 fully saturated rings. The van der Waals surface area contributed by atoms with Crippen LogP contribution in [0.15, 0.2) is 35.3 Å². The molecule has 144 valence electrons. The van der Waals surface area contributed by atoms with Crippen molar-refractivity contribution in [2.45, 2.75) is 44.9 Å². The van der Waals surface area contributed by atoms with Crippen molar-refractivity contribution in [1.29, 1.82) is 0 Å². The lowest BCUT2D eigenvalue weighted by Gasteiger charge is -2.16. The van der Waals surface area contributed by atoms with E-state index < -0.39 is 0 Å². The second-order valence-electron chi connectivity index (χ2n) is 6.76. The number of benzene rings is 1. The quantitative estimate of drug-likeness (QED) is 0.226. The van der Waals surface area contributed by atoms with Gasteiger partial charge in [-0.15, -0.1) is 24.0 Å². The summed E-state index contributed by atoms with van der Waals surface area (Å²) in [4.78, 5) is 6.57. The van der Waals surface area contributed by atoms with Crippen molar-refractivity contribution in [2.75, 3.05) is 40.8 Å². The second-order valence-corrected chi connectivity index (χ2v) is 6.76. The van der Waals surface area contributed by atoms with Gasteiger partial charge in [0.05, 0.1) is 0 Å². The normalized spacial score (nSPS) is 12.6. The summed E-state index contributed by atoms with van der Waals surface area (Å²) in [6.07, 6.45) is 6.46. The van der Waals surface area contributed by atoms with Gasteiger partial charge in [-0.3, -0.25) is 4.99 Å². The molecule has 0 bridgehead atoms. The summed E-state index contributed by atoms with van der Waals surface area (Å²) in [7, 11) is 6.12. The number of rotatable bonds is 11. The van der Waals surface area contributed by atoms with Gasteiger partial charge in [0.25, 0.3) is 0 Å². The molecule has 0 aliphatic heterocycles. The van der Waals surface area contributed by atoms with Crippen molar-refractivity contribution in [1.82, 2.24) is 15.5 Å². The molecule has 0 aliphatic rings. The third kappa shape index (κ3) is 12.2. The fraction of sp³-hybridized carbons (Fsp3) is 0.650. The molecule has 1 aromatic rings. The molecule has 1 atom stereocenters. The summed E-state index contributed by atoms with van der Waals surface area (Å²) in [6, 6.07) is 10.6. The molecule has 0 aromatic heterocycles. The van der Waals surface area contributed by atoms with Crippen molar-refractivity contribution >= 4 is 29.9 Å². The van der Waals surface area contributed by atoms with Crippen LogP contribution in [0.4, 0.5) is 0 Å². The monoisotopic (exact) mass is 460 g/mol. The van der Waals surface area contributed by atoms with Crippen LogP contribution in [0.25, 0.3) is 0 Å². The molecule has 0 spiro atoms. The second kappa shape index (κ2) is 15.4. The topological polar surface area (TPSA) is 39.7 Å². The number of halogens is 1. The summed E-state index contributed by atoms with van der Waals surface area (Å²) in [5, 5.41) is 6.84. The predicted octanol–water partition coefficient (Wildman–Crippen LogP) is 4.09. The van der Waals surface area contributed by atoms with Crippen LogP contribution in [-0.4, -0.2) is 51.6 Å². The van der Waals surface area contributed by atoms with E-state index in [2.05, 4.69) is 71.9 Å². The van der Waals surface area contributed by atoms with Crippen LogP contribution in [0.3, 0.4) is 0 Å². The summed E-state index contributed by atoms with van der Waals surface area (Å²) in [6.45, 7) is 5.33. The van der Waals surface area contributed by atoms with Crippen LogP contribution in [0, 0.1) is 0 Å². The standard InChI is InChI=1S/C20H36N4.HI/c1-18(19-13-9-8-10-14-19)17-23-20(21-2)22-15-11-6-5-7-12-16-24(3)4;/h8-10,13-14,18H,5-7,11-12,15-17H2,1-4H3,(H2,21,22,23);1H. The fourth-order valence-electron chi connectivity index (χ4n) is 2.66. The first-order valence-corrected chi connectivity index (χ1v) is 9.27. The summed E-state index contributed by atoms with van der Waals surface area (Å²) in [5.41, 5.74) is 1.36. The van der Waals surface area contributed by atoms with E-state index in [-0.39, 0.29) is 24.0 Å². The maximum absolute atomic E-state index is 4.31. The van der Waals surface area contributed by atoms with Gasteiger partial charge < -0.3 is 15.5 Å². The smallest absolute Gasteiger partial charge is 0.190 e. The highest BCUT2D eigenvalue weighted by molar-refractivity contribution is 14.0. The van der Waals surface area contributed by atoms with Crippen LogP contribution in [0.5, 0.6) is 0 Å². The highest BCUT2D eigenvalue weighted by Gasteiger charge is 2.05. The molecule has 0 radical (unpaired) electrons. The number of aliphatic imine (C=N–C) groups is 1. The van der Waals surface area contributed by atoms with Crippen LogP contribution < -0.4 is 10.6 Å². The van der Waals surface area contributed by atoms with E-state index in [0.717, 1.165) is 19.0 Å². The summed E-state index contributed by atoms with van der Waals surface area (Å²) >= 11 is 0. The minimum absolute atomic E-state index is 0. The van der Waals surface area contributed by atoms with E-state index in [4.69, 9.17) is 0 Å². The molecule has 0 saturated heterocycles. The predicted molar refractivity (Wildman–Crippen MR) is 121 cm³/mol. The molecule has 1 aromatic carbocycles. The van der Waals surface area contributed by atoms with E-state index in [1.807, 2.05) is 7.05 Å². The van der Waals surface area contributed by atoms with Gasteiger partial charge in [-0.1, -0.05) is 56.5 Å². The molecule has 5 heteroatoms. The third-order valence-corrected chi connectivity index (χ3v) is 4.24. The lowest BCUT2D eigenvalue weighted by molar-refractivity contribution is 0.389. The summed E-state index contributed by atoms with van der Waals surface area (Å²) < 4.78 is 0. The average Bonchev–Trinajstić information content (AvgIpc) is 2.60. The number of unbranched alkanes of at least 4 members (excludes halogenated alkanes) is 4. The molecule has 25 heavy (non-hydrogen) atoms. The lowest BCUT2D eigenvalue weighted by Crippen LogP contribution is -2.39. The molecule has 0 heterocycles. The third-order valence-electron chi connectivity index (χ3n) is 4.24. The van der Waals surface area contributed by atoms with E-state index in [9.17, 15) is 0 Å². The largest absolute Gasteiger partial charge is 0.356 e. The molecular weight excluding hydrogens is 423 g/mol. The zero-order valence-electron chi connectivity index (χ0n) is 16.4. The first-order valence-electron chi connectivity index (χ1n) is 9.27. The Morgan fingerprint density at radius 3 is 2.28 bits per heavy atom. The number of guanidine groups is 1. The van der Waals surface area contributed by atoms with Crippen molar-refractivity contribution in [3.8, 4) is 0 Å². The lowest BCUT2D eigenvalue weighted by atomic mass is 10.0. The Balaban J connectivity index is 0.00000576. The highest BCUT2D eigenvalue weighted by Crippen LogP contribution is 2.12. The van der Waals surface area contributed by atoms with Gasteiger partial charge in [0.15, 0.2) is 5.96 Å². The van der Waals surface area contributed by atoms with Gasteiger partial charge in [-0.2, -0.15) is 0 Å². The van der Waals surface area contributed by atoms with Gasteiger partial charge in [0.2, 0.25) is 0 Å². The van der Waals surface area contributed by atoms with E-state index in [1.165, 1.54) is 44.2 Å². The van der Waals surface area contributed by atoms with E-state index >= 15 is 0 Å². The number of hydrogen-bond donors (Lipinski definition) is 2. The van der Waals surface area contributed by atoms with Crippen molar-refractivity contribution in [3.05, 3.63) is 35.9 Å². The van der Waals surface area contributed by atoms with Crippen molar-refractivity contribution in [3.63, 3.8) is 0 Å². The SMILES string of the molecule is CN=C(NCCCCCCCN(C)C)NCC(C)c1ccccc1.I. The zero-order chi connectivity index (χ0) is 17.6. The molecule has 1 unspecified atom stereocenters. The van der Waals surface area contributed by atoms with Gasteiger partial charge in [0, 0.05) is 20.1 Å². The van der Waals surface area contributed by atoms with Crippen molar-refractivity contribution < 1.29 is 0 Å². The molecule has 0 amide bonds. The Hall–Kier alpha value is -0.820. The van der Waals surface area contributed by atoms with Crippen LogP contribution in [0.2, 0.25) is 0 Å². The van der Waals surface area contributed by atoms with Crippen LogP contribution >= 0.6 is 24.0 Å². The molecule has 0 aliphatic carbocycles. The number of nitrogens with zero attached hydrogens (tertiary/aromatic N) is 2. The Labute approximate surface area is 171 Å². The number of hydrogen-bond acceptors (Lipinski definition) is 2. The zero-order valence-corrected chi connectivity index (χ0v) is 18.8. The molecular formula is C20H37IN4. The Morgan fingerprint density at radius 1 is 1.00 bits per heavy atom. The van der Waals surface area contributed by atoms with Crippen LogP contribution in [-0.2, 0) is 0 Å². The van der Waals surface area contributed by atoms with Crippen LogP contribution in [0.1, 0.15) is 50.5 Å². The van der Waals surface area contributed by atoms with E-state index in [0.29, 0.717) is 5.92 Å². The molecule has 0 saturated carbocycles. The highest BCUT2D eigenvalue weighted by atomic mass is 127. The Bertz CT molecular complexity index is 448. The maximum atomic E-state index is 4.31. The van der Waals surface area contributed by atoms with Gasteiger partial charge in [-0.05, 0) is 45.0 Å². The molecule has 1 rings (SSSR count).